The summed E-state index contributed by atoms with van der Waals surface area (Å²) in [5.41, 5.74) is 4.25. The second kappa shape index (κ2) is 12.1. The van der Waals surface area contributed by atoms with Crippen molar-refractivity contribution in [1.29, 1.82) is 0 Å². The van der Waals surface area contributed by atoms with Crippen molar-refractivity contribution in [3.05, 3.63) is 39.6 Å². The summed E-state index contributed by atoms with van der Waals surface area (Å²) >= 11 is 13.0. The number of carbonyl (C=O) groups excluding carboxylic acids is 2. The van der Waals surface area contributed by atoms with Crippen LogP contribution in [0.5, 0.6) is 0 Å². The number of aliphatic hydroxyl groups is 1. The van der Waals surface area contributed by atoms with Crippen molar-refractivity contribution >= 4 is 45.9 Å². The standard InChI is InChI=1S/C26H33Cl2N5O3/c1-2-3-4-5-6-7-22(35)29-10-13-33-12-9-21(31-33)17-14-19(27)25(28)26-24(17)18-15-32(23(36)16-34)11-8-20(18)30-26/h9,12,14,30,34H,2-8,10-11,13,15-16H2,1H3,(H,29,35). The number of nitrogens with one attached hydrogen (secondary N) is 2. The topological polar surface area (TPSA) is 103 Å². The van der Waals surface area contributed by atoms with E-state index in [-0.39, 0.29) is 11.8 Å². The fourth-order valence-corrected chi connectivity index (χ4v) is 5.17. The summed E-state index contributed by atoms with van der Waals surface area (Å²) in [6.07, 6.45) is 8.69. The summed E-state index contributed by atoms with van der Waals surface area (Å²) in [7, 11) is 0. The van der Waals surface area contributed by atoms with Crippen LogP contribution in [0.3, 0.4) is 0 Å². The molecule has 4 rings (SSSR count). The Kier molecular flexibility index (Phi) is 8.93. The first kappa shape index (κ1) is 26.5. The van der Waals surface area contributed by atoms with Crippen LogP contribution in [0, 0.1) is 0 Å². The SMILES string of the molecule is CCCCCCCC(=O)NCCn1ccc(-c2cc(Cl)c(Cl)c3[nH]c4c(c23)CN(C(=O)CO)CC4)n1. The van der Waals surface area contributed by atoms with Gasteiger partial charge in [0.25, 0.3) is 0 Å². The van der Waals surface area contributed by atoms with Gasteiger partial charge in [0.1, 0.15) is 6.61 Å². The third-order valence-corrected chi connectivity index (χ3v) is 7.50. The Hall–Kier alpha value is -2.55. The summed E-state index contributed by atoms with van der Waals surface area (Å²) in [5.74, 6) is -0.227. The lowest BCUT2D eigenvalue weighted by atomic mass is 9.99. The number of unbranched alkanes of at least 4 members (excludes halogenated alkanes) is 4. The highest BCUT2D eigenvalue weighted by Gasteiger charge is 2.27. The number of fused-ring (bicyclic) bond motifs is 3. The Morgan fingerprint density at radius 1 is 1.22 bits per heavy atom. The molecule has 8 nitrogen and oxygen atoms in total. The van der Waals surface area contributed by atoms with Gasteiger partial charge in [0.05, 0.1) is 27.8 Å². The predicted octanol–water partition coefficient (Wildman–Crippen LogP) is 4.69. The van der Waals surface area contributed by atoms with Gasteiger partial charge in [0.2, 0.25) is 11.8 Å². The molecule has 2 amide bonds. The van der Waals surface area contributed by atoms with Gasteiger partial charge in [0, 0.05) is 60.9 Å². The molecule has 3 N–H and O–H groups in total. The predicted molar refractivity (Wildman–Crippen MR) is 142 cm³/mol. The number of benzene rings is 1. The number of amides is 2. The summed E-state index contributed by atoms with van der Waals surface area (Å²) in [4.78, 5) is 29.3. The van der Waals surface area contributed by atoms with Crippen molar-refractivity contribution in [1.82, 2.24) is 25.0 Å². The average molecular weight is 534 g/mol. The Balaban J connectivity index is 1.48. The number of hydrogen-bond acceptors (Lipinski definition) is 4. The molecular formula is C26H33Cl2N5O3. The minimum absolute atomic E-state index is 0.0750. The molecule has 0 atom stereocenters. The maximum absolute atomic E-state index is 12.1. The van der Waals surface area contributed by atoms with Crippen LogP contribution in [0.2, 0.25) is 10.0 Å². The minimum Gasteiger partial charge on any atom is -0.387 e. The molecule has 36 heavy (non-hydrogen) atoms. The van der Waals surface area contributed by atoms with E-state index in [9.17, 15) is 14.7 Å². The fraction of sp³-hybridized carbons (Fsp3) is 0.500. The van der Waals surface area contributed by atoms with Crippen molar-refractivity contribution < 1.29 is 14.7 Å². The van der Waals surface area contributed by atoms with Gasteiger partial charge < -0.3 is 20.3 Å². The average Bonchev–Trinajstić information content (AvgIpc) is 3.50. The van der Waals surface area contributed by atoms with E-state index in [0.29, 0.717) is 49.1 Å². The zero-order valence-electron chi connectivity index (χ0n) is 20.6. The Labute approximate surface area is 220 Å². The third-order valence-electron chi connectivity index (χ3n) is 6.72. The van der Waals surface area contributed by atoms with Crippen LogP contribution >= 0.6 is 23.2 Å². The van der Waals surface area contributed by atoms with E-state index < -0.39 is 6.61 Å². The second-order valence-corrected chi connectivity index (χ2v) is 10.0. The second-order valence-electron chi connectivity index (χ2n) is 9.25. The lowest BCUT2D eigenvalue weighted by molar-refractivity contribution is -0.135. The molecule has 0 radical (unpaired) electrons. The maximum Gasteiger partial charge on any atom is 0.248 e. The molecule has 1 aromatic carbocycles. The van der Waals surface area contributed by atoms with Crippen LogP contribution in [0.1, 0.15) is 56.7 Å². The van der Waals surface area contributed by atoms with E-state index in [1.54, 1.807) is 15.6 Å². The molecular weight excluding hydrogens is 501 g/mol. The van der Waals surface area contributed by atoms with Crippen molar-refractivity contribution in [3.8, 4) is 11.3 Å². The largest absolute Gasteiger partial charge is 0.387 e. The van der Waals surface area contributed by atoms with Crippen LogP contribution in [0.4, 0.5) is 0 Å². The third kappa shape index (κ3) is 5.88. The quantitative estimate of drug-likeness (QED) is 0.311. The number of nitrogens with zero attached hydrogens (tertiary/aromatic N) is 3. The van der Waals surface area contributed by atoms with Gasteiger partial charge in [-0.2, -0.15) is 5.10 Å². The van der Waals surface area contributed by atoms with Crippen LogP contribution in [-0.4, -0.2) is 56.3 Å². The minimum atomic E-state index is -0.517. The van der Waals surface area contributed by atoms with E-state index in [1.807, 2.05) is 12.3 Å². The molecule has 3 heterocycles. The van der Waals surface area contributed by atoms with Gasteiger partial charge in [-0.15, -0.1) is 0 Å². The van der Waals surface area contributed by atoms with E-state index in [0.717, 1.165) is 46.3 Å². The summed E-state index contributed by atoms with van der Waals surface area (Å²) < 4.78 is 1.80. The Bertz CT molecular complexity index is 1240. The molecule has 1 aliphatic heterocycles. The first-order valence-electron chi connectivity index (χ1n) is 12.6. The summed E-state index contributed by atoms with van der Waals surface area (Å²) in [6, 6.07) is 3.72. The maximum atomic E-state index is 12.1. The summed E-state index contributed by atoms with van der Waals surface area (Å²) in [5, 5.41) is 18.7. The molecule has 0 aliphatic carbocycles. The molecule has 3 aromatic rings. The smallest absolute Gasteiger partial charge is 0.248 e. The lowest BCUT2D eigenvalue weighted by Crippen LogP contribution is -2.37. The van der Waals surface area contributed by atoms with Gasteiger partial charge in [-0.05, 0) is 18.6 Å². The molecule has 2 aromatic heterocycles. The molecule has 1 aliphatic rings. The van der Waals surface area contributed by atoms with E-state index >= 15 is 0 Å². The monoisotopic (exact) mass is 533 g/mol. The van der Waals surface area contributed by atoms with Crippen LogP contribution < -0.4 is 5.32 Å². The van der Waals surface area contributed by atoms with Gasteiger partial charge >= 0.3 is 0 Å². The van der Waals surface area contributed by atoms with Crippen LogP contribution in [0.15, 0.2) is 18.3 Å². The molecule has 0 saturated carbocycles. The molecule has 0 saturated heterocycles. The number of rotatable bonds is 11. The number of hydrogen-bond donors (Lipinski definition) is 3. The first-order chi connectivity index (χ1) is 17.4. The molecule has 0 bridgehead atoms. The molecule has 10 heteroatoms. The number of aliphatic hydroxyl groups excluding tert-OH is 1. The van der Waals surface area contributed by atoms with E-state index in [2.05, 4.69) is 17.2 Å². The normalized spacial score (nSPS) is 13.3. The molecule has 194 valence electrons. The molecule has 0 unspecified atom stereocenters. The highest BCUT2D eigenvalue weighted by atomic mass is 35.5. The van der Waals surface area contributed by atoms with Gasteiger partial charge in [0.15, 0.2) is 0 Å². The van der Waals surface area contributed by atoms with Gasteiger partial charge in [-0.3, -0.25) is 14.3 Å². The Morgan fingerprint density at radius 2 is 2.03 bits per heavy atom. The zero-order valence-corrected chi connectivity index (χ0v) is 22.1. The number of H-pyrrole nitrogens is 1. The van der Waals surface area contributed by atoms with Crippen molar-refractivity contribution in [2.45, 2.75) is 65.0 Å². The van der Waals surface area contributed by atoms with Crippen molar-refractivity contribution in [3.63, 3.8) is 0 Å². The zero-order chi connectivity index (χ0) is 25.7. The summed E-state index contributed by atoms with van der Waals surface area (Å²) in [6.45, 7) is 3.62. The van der Waals surface area contributed by atoms with Gasteiger partial charge in [-0.1, -0.05) is 55.8 Å². The van der Waals surface area contributed by atoms with E-state index in [4.69, 9.17) is 28.3 Å². The number of halogens is 2. The van der Waals surface area contributed by atoms with Crippen LogP contribution in [-0.2, 0) is 29.1 Å². The van der Waals surface area contributed by atoms with Crippen molar-refractivity contribution in [2.75, 3.05) is 19.7 Å². The van der Waals surface area contributed by atoms with E-state index in [1.165, 1.54) is 19.3 Å². The highest BCUT2D eigenvalue weighted by molar-refractivity contribution is 6.45. The number of aromatic amines is 1. The number of carbonyl (C=O) groups is 2. The highest BCUT2D eigenvalue weighted by Crippen LogP contribution is 2.41. The first-order valence-corrected chi connectivity index (χ1v) is 13.4. The molecule has 0 spiro atoms. The Morgan fingerprint density at radius 3 is 2.81 bits per heavy atom. The van der Waals surface area contributed by atoms with Gasteiger partial charge in [-0.25, -0.2) is 0 Å². The van der Waals surface area contributed by atoms with Crippen molar-refractivity contribution in [2.24, 2.45) is 0 Å². The lowest BCUT2D eigenvalue weighted by Gasteiger charge is -2.26. The molecule has 0 fully saturated rings. The fourth-order valence-electron chi connectivity index (χ4n) is 4.77. The van der Waals surface area contributed by atoms with Crippen LogP contribution in [0.25, 0.3) is 22.2 Å². The number of aromatic nitrogens is 3.